The topological polar surface area (TPSA) is 77.8 Å². The molecule has 0 radical (unpaired) electrons. The maximum absolute atomic E-state index is 5.57. The predicted molar refractivity (Wildman–Crippen MR) is 56.3 cm³/mol. The smallest absolute Gasteiger partial charge is 0.159 e. The molecule has 0 aliphatic carbocycles. The quantitative estimate of drug-likeness (QED) is 0.658. The second-order valence-electron chi connectivity index (χ2n) is 2.96. The summed E-state index contributed by atoms with van der Waals surface area (Å²) in [5, 5.41) is 0. The Morgan fingerprint density at radius 3 is 1.93 bits per heavy atom. The molecule has 4 nitrogen and oxygen atoms in total. The lowest BCUT2D eigenvalue weighted by Crippen LogP contribution is -1.92. The molecule has 0 spiro atoms. The molecule has 1 aromatic carbocycles. The zero-order chi connectivity index (χ0) is 9.97. The van der Waals surface area contributed by atoms with Crippen LogP contribution in [0.15, 0.2) is 36.7 Å². The zero-order valence-electron chi connectivity index (χ0n) is 7.51. The average molecular weight is 186 g/mol. The zero-order valence-corrected chi connectivity index (χ0v) is 7.51. The van der Waals surface area contributed by atoms with Crippen molar-refractivity contribution >= 4 is 11.4 Å². The lowest BCUT2D eigenvalue weighted by atomic mass is 10.2. The van der Waals surface area contributed by atoms with Crippen LogP contribution in [-0.4, -0.2) is 9.97 Å². The minimum Gasteiger partial charge on any atom is -0.399 e. The van der Waals surface area contributed by atoms with Gasteiger partial charge in [0.05, 0.1) is 18.1 Å². The van der Waals surface area contributed by atoms with Crippen LogP contribution in [0.2, 0.25) is 0 Å². The first kappa shape index (κ1) is 8.50. The maximum atomic E-state index is 5.57. The van der Waals surface area contributed by atoms with Gasteiger partial charge in [0.25, 0.3) is 0 Å². The minimum absolute atomic E-state index is 0.559. The van der Waals surface area contributed by atoms with Gasteiger partial charge in [0.15, 0.2) is 5.82 Å². The van der Waals surface area contributed by atoms with Gasteiger partial charge in [0.1, 0.15) is 0 Å². The van der Waals surface area contributed by atoms with Gasteiger partial charge in [-0.3, -0.25) is 0 Å². The number of benzene rings is 1. The van der Waals surface area contributed by atoms with Gasteiger partial charge in [-0.2, -0.15) is 0 Å². The Morgan fingerprint density at radius 2 is 1.36 bits per heavy atom. The highest BCUT2D eigenvalue weighted by atomic mass is 14.9. The molecule has 1 aromatic heterocycles. The van der Waals surface area contributed by atoms with Crippen LogP contribution in [0.5, 0.6) is 0 Å². The van der Waals surface area contributed by atoms with E-state index >= 15 is 0 Å². The van der Waals surface area contributed by atoms with Gasteiger partial charge in [-0.1, -0.05) is 0 Å². The van der Waals surface area contributed by atoms with Crippen molar-refractivity contribution in [3.63, 3.8) is 0 Å². The third-order valence-electron chi connectivity index (χ3n) is 1.84. The van der Waals surface area contributed by atoms with E-state index in [2.05, 4.69) is 9.97 Å². The molecule has 0 atom stereocenters. The number of hydrogen-bond donors (Lipinski definition) is 2. The third-order valence-corrected chi connectivity index (χ3v) is 1.84. The van der Waals surface area contributed by atoms with E-state index in [0.717, 1.165) is 11.3 Å². The van der Waals surface area contributed by atoms with E-state index in [4.69, 9.17) is 11.5 Å². The first-order chi connectivity index (χ1) is 6.75. The Hall–Kier alpha value is -2.10. The van der Waals surface area contributed by atoms with Gasteiger partial charge in [0.2, 0.25) is 0 Å². The van der Waals surface area contributed by atoms with Crippen LogP contribution >= 0.6 is 0 Å². The van der Waals surface area contributed by atoms with Crippen molar-refractivity contribution in [2.24, 2.45) is 0 Å². The van der Waals surface area contributed by atoms with Crippen molar-refractivity contribution in [3.05, 3.63) is 36.7 Å². The molecule has 0 aliphatic rings. The number of rotatable bonds is 1. The van der Waals surface area contributed by atoms with E-state index in [-0.39, 0.29) is 0 Å². The summed E-state index contributed by atoms with van der Waals surface area (Å²) < 4.78 is 0. The Morgan fingerprint density at radius 1 is 0.786 bits per heavy atom. The predicted octanol–water partition coefficient (Wildman–Crippen LogP) is 1.31. The standard InChI is InChI=1S/C10H10N4/c11-8-3-1-7(2-4-8)10-13-5-9(12)6-14-10/h1-6H,11-12H2. The van der Waals surface area contributed by atoms with E-state index in [9.17, 15) is 0 Å². The van der Waals surface area contributed by atoms with Crippen LogP contribution < -0.4 is 11.5 Å². The molecule has 70 valence electrons. The second-order valence-corrected chi connectivity index (χ2v) is 2.96. The van der Waals surface area contributed by atoms with E-state index in [1.54, 1.807) is 12.4 Å². The Kier molecular flexibility index (Phi) is 2.02. The summed E-state index contributed by atoms with van der Waals surface area (Å²) in [6.45, 7) is 0. The van der Waals surface area contributed by atoms with Gasteiger partial charge in [-0.25, -0.2) is 9.97 Å². The summed E-state index contributed by atoms with van der Waals surface area (Å²) in [7, 11) is 0. The molecule has 14 heavy (non-hydrogen) atoms. The molecule has 4 N–H and O–H groups in total. The van der Waals surface area contributed by atoms with E-state index < -0.39 is 0 Å². The van der Waals surface area contributed by atoms with E-state index in [0.29, 0.717) is 11.5 Å². The molecule has 0 bridgehead atoms. The molecule has 0 fully saturated rings. The monoisotopic (exact) mass is 186 g/mol. The lowest BCUT2D eigenvalue weighted by Gasteiger charge is -2.00. The summed E-state index contributed by atoms with van der Waals surface area (Å²) >= 11 is 0. The van der Waals surface area contributed by atoms with Crippen molar-refractivity contribution in [1.29, 1.82) is 0 Å². The van der Waals surface area contributed by atoms with Gasteiger partial charge >= 0.3 is 0 Å². The molecule has 0 aliphatic heterocycles. The van der Waals surface area contributed by atoms with E-state index in [1.165, 1.54) is 0 Å². The highest BCUT2D eigenvalue weighted by Crippen LogP contribution is 2.16. The Labute approximate surface area is 81.6 Å². The molecule has 2 aromatic rings. The number of nitrogen functional groups attached to an aromatic ring is 2. The highest BCUT2D eigenvalue weighted by Gasteiger charge is 1.99. The second kappa shape index (κ2) is 3.33. The molecule has 2 rings (SSSR count). The fourth-order valence-electron chi connectivity index (χ4n) is 1.12. The maximum Gasteiger partial charge on any atom is 0.159 e. The van der Waals surface area contributed by atoms with Crippen LogP contribution in [0.1, 0.15) is 0 Å². The Balaban J connectivity index is 2.40. The summed E-state index contributed by atoms with van der Waals surface area (Å²) in [4.78, 5) is 8.20. The fourth-order valence-corrected chi connectivity index (χ4v) is 1.12. The van der Waals surface area contributed by atoms with Gasteiger partial charge < -0.3 is 11.5 Å². The van der Waals surface area contributed by atoms with Crippen molar-refractivity contribution in [3.8, 4) is 11.4 Å². The lowest BCUT2D eigenvalue weighted by molar-refractivity contribution is 1.18. The largest absolute Gasteiger partial charge is 0.399 e. The van der Waals surface area contributed by atoms with Crippen molar-refractivity contribution in [1.82, 2.24) is 9.97 Å². The SMILES string of the molecule is Nc1ccc(-c2ncc(N)cn2)cc1. The van der Waals surface area contributed by atoms with Gasteiger partial charge in [0, 0.05) is 11.3 Å². The van der Waals surface area contributed by atoms with Crippen LogP contribution in [0.25, 0.3) is 11.4 Å². The number of nitrogens with zero attached hydrogens (tertiary/aromatic N) is 2. The average Bonchev–Trinajstić information content (AvgIpc) is 2.21. The molecule has 1 heterocycles. The third kappa shape index (κ3) is 1.64. The summed E-state index contributed by atoms with van der Waals surface area (Å²) in [5.41, 5.74) is 13.3. The number of hydrogen-bond acceptors (Lipinski definition) is 4. The summed E-state index contributed by atoms with van der Waals surface area (Å²) in [6.07, 6.45) is 3.16. The molecular weight excluding hydrogens is 176 g/mol. The van der Waals surface area contributed by atoms with Crippen molar-refractivity contribution in [2.75, 3.05) is 11.5 Å². The number of nitrogens with two attached hydrogens (primary N) is 2. The van der Waals surface area contributed by atoms with Crippen LogP contribution in [0.3, 0.4) is 0 Å². The molecule has 0 unspecified atom stereocenters. The summed E-state index contributed by atoms with van der Waals surface area (Å²) in [5.74, 6) is 0.652. The van der Waals surface area contributed by atoms with Crippen LogP contribution in [0, 0.1) is 0 Å². The molecular formula is C10H10N4. The fraction of sp³-hybridized carbons (Fsp3) is 0. The Bertz CT molecular complexity index is 375. The highest BCUT2D eigenvalue weighted by molar-refractivity contribution is 5.58. The number of aromatic nitrogens is 2. The van der Waals surface area contributed by atoms with Crippen molar-refractivity contribution in [2.45, 2.75) is 0 Å². The number of anilines is 2. The van der Waals surface area contributed by atoms with Gasteiger partial charge in [-0.05, 0) is 24.3 Å². The van der Waals surface area contributed by atoms with Crippen LogP contribution in [-0.2, 0) is 0 Å². The van der Waals surface area contributed by atoms with Crippen molar-refractivity contribution < 1.29 is 0 Å². The first-order valence-electron chi connectivity index (χ1n) is 4.19. The molecule has 0 amide bonds. The summed E-state index contributed by atoms with van der Waals surface area (Å²) in [6, 6.07) is 7.38. The van der Waals surface area contributed by atoms with E-state index in [1.807, 2.05) is 24.3 Å². The minimum atomic E-state index is 0.559. The van der Waals surface area contributed by atoms with Crippen LogP contribution in [0.4, 0.5) is 11.4 Å². The molecule has 0 saturated heterocycles. The molecule has 0 saturated carbocycles. The van der Waals surface area contributed by atoms with Gasteiger partial charge in [-0.15, -0.1) is 0 Å². The first-order valence-corrected chi connectivity index (χ1v) is 4.19. The normalized spacial score (nSPS) is 10.0. The molecule has 4 heteroatoms.